The van der Waals surface area contributed by atoms with Crippen LogP contribution in [-0.2, 0) is 26.2 Å². The van der Waals surface area contributed by atoms with E-state index in [1.807, 2.05) is 58.9 Å². The van der Waals surface area contributed by atoms with E-state index in [0.717, 1.165) is 15.4 Å². The maximum Gasteiger partial charge on any atom is 0.264 e. The molecule has 3 aromatic rings. The van der Waals surface area contributed by atoms with E-state index in [-0.39, 0.29) is 28.1 Å². The maximum atomic E-state index is 14.1. The quantitative estimate of drug-likeness (QED) is 0.298. The molecule has 0 aliphatic heterocycles. The second-order valence-electron chi connectivity index (χ2n) is 10.6. The van der Waals surface area contributed by atoms with Crippen LogP contribution in [0.15, 0.2) is 77.7 Å². The van der Waals surface area contributed by atoms with Gasteiger partial charge in [-0.2, -0.15) is 0 Å². The first-order chi connectivity index (χ1) is 18.7. The molecule has 40 heavy (non-hydrogen) atoms. The van der Waals surface area contributed by atoms with E-state index in [0.29, 0.717) is 11.4 Å². The van der Waals surface area contributed by atoms with Crippen molar-refractivity contribution in [2.75, 3.05) is 10.8 Å². The van der Waals surface area contributed by atoms with Crippen LogP contribution in [0.3, 0.4) is 0 Å². The predicted molar refractivity (Wildman–Crippen MR) is 161 cm³/mol. The fourth-order valence-corrected chi connectivity index (χ4v) is 6.19. The van der Waals surface area contributed by atoms with Crippen molar-refractivity contribution < 1.29 is 18.0 Å². The van der Waals surface area contributed by atoms with Crippen LogP contribution in [0.5, 0.6) is 0 Å². The lowest BCUT2D eigenvalue weighted by Crippen LogP contribution is -2.55. The van der Waals surface area contributed by atoms with Crippen LogP contribution in [0.25, 0.3) is 0 Å². The summed E-state index contributed by atoms with van der Waals surface area (Å²) in [7, 11) is -4.22. The molecule has 0 unspecified atom stereocenters. The Labute approximate surface area is 247 Å². The number of carbonyl (C=O) groups excluding carboxylic acids is 2. The summed E-state index contributed by atoms with van der Waals surface area (Å²) < 4.78 is 28.7. The third kappa shape index (κ3) is 7.99. The van der Waals surface area contributed by atoms with E-state index in [4.69, 9.17) is 23.2 Å². The first kappa shape index (κ1) is 31.5. The number of benzene rings is 3. The minimum Gasteiger partial charge on any atom is -0.350 e. The lowest BCUT2D eigenvalue weighted by atomic mass is 10.1. The predicted octanol–water partition coefficient (Wildman–Crippen LogP) is 6.22. The van der Waals surface area contributed by atoms with Crippen molar-refractivity contribution in [3.05, 3.63) is 94.0 Å². The molecule has 2 amide bonds. The molecule has 0 aromatic heterocycles. The third-order valence-electron chi connectivity index (χ3n) is 6.15. The van der Waals surface area contributed by atoms with E-state index < -0.39 is 34.1 Å². The summed E-state index contributed by atoms with van der Waals surface area (Å²) in [5, 5.41) is 3.35. The van der Waals surface area contributed by atoms with Crippen LogP contribution >= 0.6 is 23.2 Å². The molecule has 0 fully saturated rings. The molecule has 3 aromatic carbocycles. The standard InChI is InChI=1S/C30H35Cl2N3O4S/c1-6-26(29(37)33-30(3,4)5)34(19-22-14-12-21(2)13-15-22)28(36)20-35(27-17-16-23(31)18-25(27)32)40(38,39)24-10-8-7-9-11-24/h7-18,26H,6,19-20H2,1-5H3,(H,33,37)/t26-/m1/s1. The molecule has 0 bridgehead atoms. The number of halogens is 2. The summed E-state index contributed by atoms with van der Waals surface area (Å²) in [5.41, 5.74) is 1.44. The van der Waals surface area contributed by atoms with Gasteiger partial charge in [-0.3, -0.25) is 13.9 Å². The molecule has 0 aliphatic rings. The van der Waals surface area contributed by atoms with Gasteiger partial charge in [-0.15, -0.1) is 0 Å². The first-order valence-electron chi connectivity index (χ1n) is 12.9. The van der Waals surface area contributed by atoms with Crippen molar-refractivity contribution in [1.82, 2.24) is 10.2 Å². The zero-order valence-corrected chi connectivity index (χ0v) is 25.6. The Morgan fingerprint density at radius 1 is 0.950 bits per heavy atom. The third-order valence-corrected chi connectivity index (χ3v) is 8.46. The highest BCUT2D eigenvalue weighted by molar-refractivity contribution is 7.92. The summed E-state index contributed by atoms with van der Waals surface area (Å²) in [6, 6.07) is 19.0. The molecular weight excluding hydrogens is 569 g/mol. The van der Waals surface area contributed by atoms with E-state index >= 15 is 0 Å². The van der Waals surface area contributed by atoms with Crippen LogP contribution in [0.1, 0.15) is 45.2 Å². The first-order valence-corrected chi connectivity index (χ1v) is 15.1. The van der Waals surface area contributed by atoms with Gasteiger partial charge in [0.15, 0.2) is 0 Å². The van der Waals surface area contributed by atoms with Gasteiger partial charge >= 0.3 is 0 Å². The van der Waals surface area contributed by atoms with Crippen molar-refractivity contribution in [3.8, 4) is 0 Å². The number of aryl methyl sites for hydroxylation is 1. The smallest absolute Gasteiger partial charge is 0.264 e. The average Bonchev–Trinajstić information content (AvgIpc) is 2.88. The van der Waals surface area contributed by atoms with Gasteiger partial charge in [0.25, 0.3) is 10.0 Å². The van der Waals surface area contributed by atoms with E-state index in [1.165, 1.54) is 35.2 Å². The highest BCUT2D eigenvalue weighted by atomic mass is 35.5. The molecule has 0 radical (unpaired) electrons. The Bertz CT molecular complexity index is 1440. The van der Waals surface area contributed by atoms with Crippen molar-refractivity contribution >= 4 is 50.7 Å². The molecule has 7 nitrogen and oxygen atoms in total. The topological polar surface area (TPSA) is 86.8 Å². The average molecular weight is 605 g/mol. The maximum absolute atomic E-state index is 14.1. The molecule has 10 heteroatoms. The molecule has 1 atom stereocenters. The number of anilines is 1. The highest BCUT2D eigenvalue weighted by Gasteiger charge is 2.35. The van der Waals surface area contributed by atoms with Gasteiger partial charge in [0.05, 0.1) is 15.6 Å². The zero-order chi connectivity index (χ0) is 29.7. The Morgan fingerprint density at radius 3 is 2.12 bits per heavy atom. The molecule has 3 rings (SSSR count). The Morgan fingerprint density at radius 2 is 1.57 bits per heavy atom. The highest BCUT2D eigenvalue weighted by Crippen LogP contribution is 2.33. The lowest BCUT2D eigenvalue weighted by Gasteiger charge is -2.35. The van der Waals surface area contributed by atoms with Crippen LogP contribution < -0.4 is 9.62 Å². The van der Waals surface area contributed by atoms with Crippen molar-refractivity contribution in [2.24, 2.45) is 0 Å². The minimum atomic E-state index is -4.22. The van der Waals surface area contributed by atoms with E-state index in [9.17, 15) is 18.0 Å². The Hall–Kier alpha value is -3.07. The summed E-state index contributed by atoms with van der Waals surface area (Å²) >= 11 is 12.5. The van der Waals surface area contributed by atoms with Crippen molar-refractivity contribution in [1.29, 1.82) is 0 Å². The van der Waals surface area contributed by atoms with Crippen LogP contribution in [0.2, 0.25) is 10.0 Å². The fourth-order valence-electron chi connectivity index (χ4n) is 4.18. The summed E-state index contributed by atoms with van der Waals surface area (Å²) in [6.45, 7) is 8.89. The molecule has 0 spiro atoms. The van der Waals surface area contributed by atoms with Crippen LogP contribution in [0.4, 0.5) is 5.69 Å². The molecule has 0 aliphatic carbocycles. The largest absolute Gasteiger partial charge is 0.350 e. The van der Waals surface area contributed by atoms with E-state index in [2.05, 4.69) is 5.32 Å². The number of nitrogens with one attached hydrogen (secondary N) is 1. The molecular formula is C30H35Cl2N3O4S. The minimum absolute atomic E-state index is 0.00332. The fraction of sp³-hybridized carbons (Fsp3) is 0.333. The number of hydrogen-bond acceptors (Lipinski definition) is 4. The van der Waals surface area contributed by atoms with Crippen molar-refractivity contribution in [3.63, 3.8) is 0 Å². The number of sulfonamides is 1. The van der Waals surface area contributed by atoms with E-state index in [1.54, 1.807) is 18.2 Å². The number of amides is 2. The SMILES string of the molecule is CC[C@H](C(=O)NC(C)(C)C)N(Cc1ccc(C)cc1)C(=O)CN(c1ccc(Cl)cc1Cl)S(=O)(=O)c1ccccc1. The number of nitrogens with zero attached hydrogens (tertiary/aromatic N) is 2. The molecule has 0 saturated carbocycles. The summed E-state index contributed by atoms with van der Waals surface area (Å²) in [5.74, 6) is -0.875. The second-order valence-corrected chi connectivity index (χ2v) is 13.3. The Balaban J connectivity index is 2.09. The monoisotopic (exact) mass is 603 g/mol. The number of rotatable bonds is 10. The lowest BCUT2D eigenvalue weighted by molar-refractivity contribution is -0.141. The van der Waals surface area contributed by atoms with Gasteiger partial charge in [-0.25, -0.2) is 8.42 Å². The van der Waals surface area contributed by atoms with Gasteiger partial charge in [0.1, 0.15) is 12.6 Å². The number of hydrogen-bond donors (Lipinski definition) is 1. The molecule has 0 heterocycles. The van der Waals surface area contributed by atoms with Crippen molar-refractivity contribution in [2.45, 2.75) is 64.1 Å². The summed E-state index contributed by atoms with van der Waals surface area (Å²) in [6.07, 6.45) is 0.326. The Kier molecular flexibility index (Phi) is 10.3. The summed E-state index contributed by atoms with van der Waals surface area (Å²) in [4.78, 5) is 28.9. The zero-order valence-electron chi connectivity index (χ0n) is 23.3. The normalized spacial score (nSPS) is 12.5. The number of carbonyl (C=O) groups is 2. The molecule has 1 N–H and O–H groups in total. The molecule has 214 valence electrons. The van der Waals surface area contributed by atoms with Gasteiger partial charge in [-0.1, -0.05) is 78.2 Å². The van der Waals surface area contributed by atoms with Gasteiger partial charge in [0, 0.05) is 17.1 Å². The van der Waals surface area contributed by atoms with Gasteiger partial charge < -0.3 is 10.2 Å². The second kappa shape index (κ2) is 13.1. The van der Waals surface area contributed by atoms with Crippen LogP contribution in [-0.4, -0.2) is 43.3 Å². The molecule has 0 saturated heterocycles. The van der Waals surface area contributed by atoms with Gasteiger partial charge in [-0.05, 0) is 70.0 Å². The van der Waals surface area contributed by atoms with Crippen LogP contribution in [0, 0.1) is 6.92 Å². The van der Waals surface area contributed by atoms with Gasteiger partial charge in [0.2, 0.25) is 11.8 Å².